The number of hydrogen-bond donors (Lipinski definition) is 1. The van der Waals surface area contributed by atoms with Crippen LogP contribution in [0.4, 0.5) is 0 Å². The second kappa shape index (κ2) is 3.06. The quantitative estimate of drug-likeness (QED) is 0.615. The number of carboxylic acid groups (broad SMARTS) is 1. The second-order valence-corrected chi connectivity index (χ2v) is 2.07. The first-order chi connectivity index (χ1) is 4.79. The van der Waals surface area contributed by atoms with Crippen molar-refractivity contribution in [2.75, 3.05) is 6.54 Å². The van der Waals surface area contributed by atoms with Crippen LogP contribution in [0.3, 0.4) is 0 Å². The first-order valence-corrected chi connectivity index (χ1v) is 3.10. The van der Waals surface area contributed by atoms with Crippen molar-refractivity contribution < 1.29 is 9.90 Å². The molecule has 0 saturated carbocycles. The first-order valence-electron chi connectivity index (χ1n) is 3.10. The van der Waals surface area contributed by atoms with Crippen molar-refractivity contribution in [1.29, 1.82) is 0 Å². The molecule has 0 aromatic carbocycles. The van der Waals surface area contributed by atoms with E-state index in [1.54, 1.807) is 17.3 Å². The molecule has 0 spiro atoms. The van der Waals surface area contributed by atoms with Crippen molar-refractivity contribution in [2.45, 2.75) is 6.42 Å². The summed E-state index contributed by atoms with van der Waals surface area (Å²) in [6.45, 7) is 0.0486. The Bertz CT molecular complexity index is 172. The van der Waals surface area contributed by atoms with Crippen LogP contribution in [0.1, 0.15) is 6.42 Å². The summed E-state index contributed by atoms with van der Waals surface area (Å²) in [7, 11) is 0. The highest BCUT2D eigenvalue weighted by molar-refractivity contribution is 5.69. The predicted octanol–water partition coefficient (Wildman–Crippen LogP) is 0.804. The Kier molecular flexibility index (Phi) is 2.10. The molecular weight excluding hydrogens is 130 g/mol. The third-order valence-electron chi connectivity index (χ3n) is 1.18. The Labute approximate surface area is 59.3 Å². The molecule has 1 heterocycles. The molecule has 10 heavy (non-hydrogen) atoms. The van der Waals surface area contributed by atoms with Gasteiger partial charge in [-0.15, -0.1) is 0 Å². The van der Waals surface area contributed by atoms with Gasteiger partial charge >= 0.3 is 5.97 Å². The summed E-state index contributed by atoms with van der Waals surface area (Å²) in [5.74, 6) is -0.809. The van der Waals surface area contributed by atoms with E-state index in [2.05, 4.69) is 0 Å². The number of rotatable bonds is 2. The number of carbonyl (C=O) groups is 1. The fourth-order valence-corrected chi connectivity index (χ4v) is 0.782. The molecule has 1 aliphatic rings. The highest BCUT2D eigenvalue weighted by Gasteiger charge is 2.01. The molecule has 54 valence electrons. The average Bonchev–Trinajstić information content (AvgIpc) is 1.88. The fourth-order valence-electron chi connectivity index (χ4n) is 0.782. The molecule has 1 N–H and O–H groups in total. The zero-order valence-corrected chi connectivity index (χ0v) is 5.53. The minimum atomic E-state index is -0.809. The van der Waals surface area contributed by atoms with Gasteiger partial charge in [0.25, 0.3) is 0 Å². The summed E-state index contributed by atoms with van der Waals surface area (Å²) in [6, 6.07) is 0. The van der Waals surface area contributed by atoms with Gasteiger partial charge in [-0.3, -0.25) is 4.79 Å². The Balaban J connectivity index is 2.40. The molecule has 0 fully saturated rings. The molecule has 1 rings (SSSR count). The summed E-state index contributed by atoms with van der Waals surface area (Å²) < 4.78 is 0. The lowest BCUT2D eigenvalue weighted by Gasteiger charge is -2.14. The topological polar surface area (TPSA) is 40.5 Å². The predicted molar refractivity (Wildman–Crippen MR) is 37.2 cm³/mol. The third-order valence-corrected chi connectivity index (χ3v) is 1.18. The molecule has 0 unspecified atom stereocenters. The number of hydrogen-bond acceptors (Lipinski definition) is 2. The maximum absolute atomic E-state index is 10.2. The van der Waals surface area contributed by atoms with E-state index in [9.17, 15) is 4.79 Å². The number of allylic oxidation sites excluding steroid dienone is 2. The molecule has 1 aliphatic heterocycles. The summed E-state index contributed by atoms with van der Waals surface area (Å²) >= 11 is 0. The van der Waals surface area contributed by atoms with E-state index in [-0.39, 0.29) is 6.54 Å². The van der Waals surface area contributed by atoms with Gasteiger partial charge in [-0.25, -0.2) is 0 Å². The number of carboxylic acids is 1. The lowest BCUT2D eigenvalue weighted by molar-refractivity contribution is -0.137. The largest absolute Gasteiger partial charge is 0.480 e. The molecule has 3 nitrogen and oxygen atoms in total. The van der Waals surface area contributed by atoms with Crippen molar-refractivity contribution in [3.05, 3.63) is 24.6 Å². The van der Waals surface area contributed by atoms with Crippen molar-refractivity contribution in [3.8, 4) is 0 Å². The van der Waals surface area contributed by atoms with Gasteiger partial charge in [0, 0.05) is 12.4 Å². The van der Waals surface area contributed by atoms with E-state index < -0.39 is 5.97 Å². The normalized spacial score (nSPS) is 15.8. The fraction of sp³-hybridized carbons (Fsp3) is 0.286. The smallest absolute Gasteiger partial charge is 0.323 e. The van der Waals surface area contributed by atoms with Crippen molar-refractivity contribution in [2.24, 2.45) is 0 Å². The van der Waals surface area contributed by atoms with E-state index in [1.165, 1.54) is 0 Å². The van der Waals surface area contributed by atoms with Crippen LogP contribution < -0.4 is 0 Å². The van der Waals surface area contributed by atoms with Gasteiger partial charge in [-0.2, -0.15) is 0 Å². The molecule has 0 radical (unpaired) electrons. The second-order valence-electron chi connectivity index (χ2n) is 2.07. The van der Waals surface area contributed by atoms with Crippen LogP contribution in [0.2, 0.25) is 0 Å². The van der Waals surface area contributed by atoms with Gasteiger partial charge in [-0.05, 0) is 6.42 Å². The van der Waals surface area contributed by atoms with Crippen LogP contribution in [0.25, 0.3) is 0 Å². The van der Waals surface area contributed by atoms with Gasteiger partial charge in [-0.1, -0.05) is 12.2 Å². The molecular formula is C7H9NO2. The third kappa shape index (κ3) is 1.93. The van der Waals surface area contributed by atoms with E-state index in [0.29, 0.717) is 0 Å². The van der Waals surface area contributed by atoms with Crippen molar-refractivity contribution in [1.82, 2.24) is 4.90 Å². The van der Waals surface area contributed by atoms with Crippen molar-refractivity contribution >= 4 is 5.97 Å². The van der Waals surface area contributed by atoms with Gasteiger partial charge < -0.3 is 10.0 Å². The molecule has 3 heteroatoms. The standard InChI is InChI=1S/C7H9NO2/c9-7(10)6-8-4-2-1-3-5-8/h2-5H,1,6H2,(H,9,10). The molecule has 0 aromatic rings. The van der Waals surface area contributed by atoms with Gasteiger partial charge in [0.05, 0.1) is 0 Å². The van der Waals surface area contributed by atoms with E-state index in [4.69, 9.17) is 5.11 Å². The van der Waals surface area contributed by atoms with E-state index in [1.807, 2.05) is 12.2 Å². The average molecular weight is 139 g/mol. The van der Waals surface area contributed by atoms with E-state index >= 15 is 0 Å². The lowest BCUT2D eigenvalue weighted by Crippen LogP contribution is -2.20. The van der Waals surface area contributed by atoms with Gasteiger partial charge in [0.15, 0.2) is 0 Å². The summed E-state index contributed by atoms with van der Waals surface area (Å²) in [5, 5.41) is 8.36. The van der Waals surface area contributed by atoms with Crippen LogP contribution in [0.15, 0.2) is 24.6 Å². The first kappa shape index (κ1) is 6.86. The van der Waals surface area contributed by atoms with Crippen LogP contribution in [-0.4, -0.2) is 22.5 Å². The Hall–Kier alpha value is -1.25. The minimum absolute atomic E-state index is 0.0486. The Morgan fingerprint density at radius 2 is 2.10 bits per heavy atom. The summed E-state index contributed by atoms with van der Waals surface area (Å²) in [6.07, 6.45) is 8.28. The monoisotopic (exact) mass is 139 g/mol. The minimum Gasteiger partial charge on any atom is -0.480 e. The number of aliphatic carboxylic acids is 1. The maximum atomic E-state index is 10.2. The van der Waals surface area contributed by atoms with Gasteiger partial charge in [0.2, 0.25) is 0 Å². The van der Waals surface area contributed by atoms with E-state index in [0.717, 1.165) is 6.42 Å². The zero-order chi connectivity index (χ0) is 7.40. The molecule has 0 saturated heterocycles. The zero-order valence-electron chi connectivity index (χ0n) is 5.53. The summed E-state index contributed by atoms with van der Waals surface area (Å²) in [5.41, 5.74) is 0. The van der Waals surface area contributed by atoms with Crippen LogP contribution in [-0.2, 0) is 4.79 Å². The maximum Gasteiger partial charge on any atom is 0.323 e. The molecule has 0 aromatic heterocycles. The van der Waals surface area contributed by atoms with Crippen molar-refractivity contribution in [3.63, 3.8) is 0 Å². The molecule has 0 atom stereocenters. The lowest BCUT2D eigenvalue weighted by atomic mass is 10.3. The van der Waals surface area contributed by atoms with Crippen LogP contribution in [0.5, 0.6) is 0 Å². The SMILES string of the molecule is O=C(O)CN1C=CCC=C1. The molecule has 0 amide bonds. The van der Waals surface area contributed by atoms with Gasteiger partial charge in [0.1, 0.15) is 6.54 Å². The van der Waals surface area contributed by atoms with Crippen LogP contribution in [0, 0.1) is 0 Å². The highest BCUT2D eigenvalue weighted by Crippen LogP contribution is 2.00. The Morgan fingerprint density at radius 3 is 2.60 bits per heavy atom. The van der Waals surface area contributed by atoms with Crippen LogP contribution >= 0.6 is 0 Å². The number of nitrogens with zero attached hydrogens (tertiary/aromatic N) is 1. The molecule has 0 aliphatic carbocycles. The highest BCUT2D eigenvalue weighted by atomic mass is 16.4. The Morgan fingerprint density at radius 1 is 1.50 bits per heavy atom. The summed E-state index contributed by atoms with van der Waals surface area (Å²) in [4.78, 5) is 11.8. The molecule has 0 bridgehead atoms.